The van der Waals surface area contributed by atoms with Crippen molar-refractivity contribution in [2.24, 2.45) is 0 Å². The molecule has 0 aliphatic rings. The van der Waals surface area contributed by atoms with Crippen LogP contribution < -0.4 is 5.43 Å². The molecule has 0 saturated carbocycles. The standard InChI is InChI=1S/C6H6OS/c1-5-4-8-3-2-6(5)7/h2-4H,1H3. The normalized spacial score (nSPS) is 9.12. The third-order valence-corrected chi connectivity index (χ3v) is 1.71. The molecule has 42 valence electrons. The van der Waals surface area contributed by atoms with Crippen LogP contribution >= 0.6 is 11.3 Å². The Balaban J connectivity index is 3.35. The van der Waals surface area contributed by atoms with Crippen LogP contribution in [0, 0.1) is 6.92 Å². The number of hydrogen-bond donors (Lipinski definition) is 0. The zero-order valence-electron chi connectivity index (χ0n) is 4.55. The lowest BCUT2D eigenvalue weighted by molar-refractivity contribution is 1.44. The van der Waals surface area contributed by atoms with E-state index in [0.717, 1.165) is 5.56 Å². The SMILES string of the molecule is Cc1csccc1=O. The zero-order chi connectivity index (χ0) is 5.98. The first kappa shape index (κ1) is 5.51. The van der Waals surface area contributed by atoms with Gasteiger partial charge in [0.2, 0.25) is 0 Å². The maximum absolute atomic E-state index is 10.6. The van der Waals surface area contributed by atoms with Crippen LogP contribution in [0.1, 0.15) is 5.56 Å². The summed E-state index contributed by atoms with van der Waals surface area (Å²) in [5.74, 6) is 0. The van der Waals surface area contributed by atoms with Crippen molar-refractivity contribution in [2.45, 2.75) is 6.92 Å². The van der Waals surface area contributed by atoms with Crippen molar-refractivity contribution in [3.63, 3.8) is 0 Å². The van der Waals surface area contributed by atoms with E-state index in [2.05, 4.69) is 0 Å². The first-order chi connectivity index (χ1) is 3.80. The quantitative estimate of drug-likeness (QED) is 0.513. The van der Waals surface area contributed by atoms with E-state index in [1.807, 2.05) is 12.3 Å². The van der Waals surface area contributed by atoms with E-state index in [1.54, 1.807) is 22.8 Å². The van der Waals surface area contributed by atoms with Crippen LogP contribution in [-0.4, -0.2) is 0 Å². The Kier molecular flexibility index (Phi) is 1.44. The van der Waals surface area contributed by atoms with E-state index in [4.69, 9.17) is 0 Å². The minimum atomic E-state index is 0.128. The minimum Gasteiger partial charge on any atom is -0.290 e. The second kappa shape index (κ2) is 2.09. The second-order valence-corrected chi connectivity index (χ2v) is 2.38. The first-order valence-corrected chi connectivity index (χ1v) is 3.28. The van der Waals surface area contributed by atoms with Gasteiger partial charge in [0.15, 0.2) is 5.43 Å². The molecule has 0 radical (unpaired) electrons. The third-order valence-electron chi connectivity index (χ3n) is 0.931. The lowest BCUT2D eigenvalue weighted by Crippen LogP contribution is -1.98. The summed E-state index contributed by atoms with van der Waals surface area (Å²) in [5, 5.41) is 3.64. The van der Waals surface area contributed by atoms with Crippen molar-refractivity contribution in [3.05, 3.63) is 32.6 Å². The lowest BCUT2D eigenvalue weighted by Gasteiger charge is -1.81. The fraction of sp³-hybridized carbons (Fsp3) is 0.167. The third kappa shape index (κ3) is 0.954. The Morgan fingerprint density at radius 1 is 1.62 bits per heavy atom. The Labute approximate surface area is 51.6 Å². The molecule has 0 aromatic carbocycles. The van der Waals surface area contributed by atoms with E-state index in [9.17, 15) is 4.79 Å². The second-order valence-electron chi connectivity index (χ2n) is 1.60. The molecular weight excluding hydrogens is 120 g/mol. The van der Waals surface area contributed by atoms with Gasteiger partial charge in [-0.3, -0.25) is 4.79 Å². The van der Waals surface area contributed by atoms with Gasteiger partial charge in [-0.05, 0) is 23.8 Å². The van der Waals surface area contributed by atoms with E-state index in [-0.39, 0.29) is 5.43 Å². The summed E-state index contributed by atoms with van der Waals surface area (Å²) in [6.45, 7) is 1.82. The van der Waals surface area contributed by atoms with Crippen LogP contribution in [0.3, 0.4) is 0 Å². The summed E-state index contributed by atoms with van der Waals surface area (Å²) in [6.07, 6.45) is 0. The van der Waals surface area contributed by atoms with E-state index < -0.39 is 0 Å². The Hall–Kier alpha value is -0.630. The minimum absolute atomic E-state index is 0.128. The molecule has 0 bridgehead atoms. The van der Waals surface area contributed by atoms with Crippen molar-refractivity contribution in [3.8, 4) is 0 Å². The van der Waals surface area contributed by atoms with Crippen molar-refractivity contribution in [1.82, 2.24) is 0 Å². The molecule has 0 amide bonds. The van der Waals surface area contributed by atoms with Gasteiger partial charge in [-0.1, -0.05) is 0 Å². The van der Waals surface area contributed by atoms with Gasteiger partial charge in [0, 0.05) is 5.56 Å². The Bertz CT molecular complexity index is 226. The van der Waals surface area contributed by atoms with Crippen LogP contribution in [0.4, 0.5) is 0 Å². The number of rotatable bonds is 0. The van der Waals surface area contributed by atoms with Crippen LogP contribution in [0.25, 0.3) is 0 Å². The molecule has 0 saturated heterocycles. The molecule has 1 nitrogen and oxygen atoms in total. The van der Waals surface area contributed by atoms with Crippen LogP contribution in [0.5, 0.6) is 0 Å². The average molecular weight is 126 g/mol. The molecule has 0 spiro atoms. The zero-order valence-corrected chi connectivity index (χ0v) is 5.37. The monoisotopic (exact) mass is 126 g/mol. The molecular formula is C6H6OS. The molecule has 2 heteroatoms. The van der Waals surface area contributed by atoms with Crippen molar-refractivity contribution in [2.75, 3.05) is 0 Å². The van der Waals surface area contributed by atoms with Gasteiger partial charge in [0.25, 0.3) is 0 Å². The number of aryl methyl sites for hydroxylation is 1. The highest BCUT2D eigenvalue weighted by atomic mass is 32.1. The summed E-state index contributed by atoms with van der Waals surface area (Å²) in [7, 11) is 0. The van der Waals surface area contributed by atoms with Gasteiger partial charge in [0.1, 0.15) is 0 Å². The highest BCUT2D eigenvalue weighted by Crippen LogP contribution is 1.93. The average Bonchev–Trinajstić information content (AvgIpc) is 1.77. The smallest absolute Gasteiger partial charge is 0.183 e. The van der Waals surface area contributed by atoms with Crippen LogP contribution in [-0.2, 0) is 0 Å². The molecule has 0 atom stereocenters. The predicted molar refractivity (Wildman–Crippen MR) is 35.3 cm³/mol. The van der Waals surface area contributed by atoms with E-state index in [1.165, 1.54) is 0 Å². The molecule has 0 unspecified atom stereocenters. The highest BCUT2D eigenvalue weighted by molar-refractivity contribution is 7.07. The summed E-state index contributed by atoms with van der Waals surface area (Å²) >= 11 is 1.54. The summed E-state index contributed by atoms with van der Waals surface area (Å²) in [6, 6.07) is 1.58. The van der Waals surface area contributed by atoms with Gasteiger partial charge in [-0.2, -0.15) is 11.3 Å². The summed E-state index contributed by atoms with van der Waals surface area (Å²) in [5.41, 5.74) is 0.959. The highest BCUT2D eigenvalue weighted by Gasteiger charge is 1.84. The summed E-state index contributed by atoms with van der Waals surface area (Å²) in [4.78, 5) is 10.6. The fourth-order valence-electron chi connectivity index (χ4n) is 0.432. The molecule has 0 aliphatic heterocycles. The molecule has 0 fully saturated rings. The van der Waals surface area contributed by atoms with Gasteiger partial charge in [0.05, 0.1) is 0 Å². The maximum Gasteiger partial charge on any atom is 0.183 e. The fourth-order valence-corrected chi connectivity index (χ4v) is 1.03. The predicted octanol–water partition coefficient (Wildman–Crippen LogP) is 1.42. The van der Waals surface area contributed by atoms with Crippen LogP contribution in [0.2, 0.25) is 0 Å². The van der Waals surface area contributed by atoms with Gasteiger partial charge < -0.3 is 0 Å². The lowest BCUT2D eigenvalue weighted by atomic mass is 10.4. The molecule has 1 aromatic rings. The van der Waals surface area contributed by atoms with Crippen LogP contribution in [0.15, 0.2) is 21.6 Å². The molecule has 0 N–H and O–H groups in total. The summed E-state index contributed by atoms with van der Waals surface area (Å²) < 4.78 is 0. The van der Waals surface area contributed by atoms with Gasteiger partial charge >= 0.3 is 0 Å². The molecule has 1 aromatic heterocycles. The first-order valence-electron chi connectivity index (χ1n) is 2.34. The maximum atomic E-state index is 10.6. The van der Waals surface area contributed by atoms with Crippen molar-refractivity contribution >= 4 is 11.3 Å². The largest absolute Gasteiger partial charge is 0.290 e. The van der Waals surface area contributed by atoms with Crippen molar-refractivity contribution in [1.29, 1.82) is 0 Å². The molecule has 1 rings (SSSR count). The van der Waals surface area contributed by atoms with E-state index in [0.29, 0.717) is 0 Å². The number of hydrogen-bond acceptors (Lipinski definition) is 2. The molecule has 0 aliphatic carbocycles. The molecule has 1 heterocycles. The Morgan fingerprint density at radius 2 is 2.38 bits per heavy atom. The van der Waals surface area contributed by atoms with Gasteiger partial charge in [-0.15, -0.1) is 0 Å². The topological polar surface area (TPSA) is 17.1 Å². The van der Waals surface area contributed by atoms with Gasteiger partial charge in [-0.25, -0.2) is 0 Å². The molecule has 8 heavy (non-hydrogen) atoms. The van der Waals surface area contributed by atoms with E-state index >= 15 is 0 Å². The Morgan fingerprint density at radius 3 is 2.75 bits per heavy atom. The van der Waals surface area contributed by atoms with Crippen molar-refractivity contribution < 1.29 is 0 Å².